The highest BCUT2D eigenvalue weighted by Crippen LogP contribution is 2.27. The second kappa shape index (κ2) is 6.20. The number of aryl methyl sites for hydroxylation is 1. The molecule has 0 aromatic carbocycles. The van der Waals surface area contributed by atoms with E-state index in [1.807, 2.05) is 17.9 Å². The Hall–Kier alpha value is -0.830. The minimum absolute atomic E-state index is 0.678. The van der Waals surface area contributed by atoms with Crippen LogP contribution in [0.25, 0.3) is 0 Å². The highest BCUT2D eigenvalue weighted by Gasteiger charge is 2.21. The summed E-state index contributed by atoms with van der Waals surface area (Å²) in [5.41, 5.74) is 1.15. The van der Waals surface area contributed by atoms with E-state index in [1.165, 1.54) is 38.5 Å². The Balaban J connectivity index is 1.82. The van der Waals surface area contributed by atoms with E-state index in [0.29, 0.717) is 6.04 Å². The molecule has 3 nitrogen and oxygen atoms in total. The van der Waals surface area contributed by atoms with Crippen molar-refractivity contribution >= 4 is 0 Å². The quantitative estimate of drug-likeness (QED) is 0.850. The molecule has 0 aliphatic heterocycles. The van der Waals surface area contributed by atoms with Crippen molar-refractivity contribution in [3.8, 4) is 0 Å². The molecule has 1 N–H and O–H groups in total. The van der Waals surface area contributed by atoms with Crippen molar-refractivity contribution in [2.24, 2.45) is 13.0 Å². The average Bonchev–Trinajstić information content (AvgIpc) is 2.77. The van der Waals surface area contributed by atoms with Gasteiger partial charge in [0, 0.05) is 25.8 Å². The Kier molecular flexibility index (Phi) is 4.60. The molecular weight excluding hydrogens is 210 g/mol. The van der Waals surface area contributed by atoms with Crippen molar-refractivity contribution in [1.82, 2.24) is 15.1 Å². The topological polar surface area (TPSA) is 29.9 Å². The van der Waals surface area contributed by atoms with Crippen molar-refractivity contribution < 1.29 is 0 Å². The van der Waals surface area contributed by atoms with Gasteiger partial charge in [-0.2, -0.15) is 5.10 Å². The fourth-order valence-corrected chi connectivity index (χ4v) is 2.97. The van der Waals surface area contributed by atoms with Crippen molar-refractivity contribution in [1.29, 1.82) is 0 Å². The average molecular weight is 235 g/mol. The van der Waals surface area contributed by atoms with E-state index in [9.17, 15) is 0 Å². The first-order valence-corrected chi connectivity index (χ1v) is 7.01. The molecule has 1 aromatic rings. The molecule has 96 valence electrons. The zero-order valence-electron chi connectivity index (χ0n) is 11.2. The molecule has 1 aliphatic carbocycles. The van der Waals surface area contributed by atoms with Gasteiger partial charge in [-0.3, -0.25) is 4.68 Å². The lowest BCUT2D eigenvalue weighted by molar-refractivity contribution is 0.261. The summed E-state index contributed by atoms with van der Waals surface area (Å²) in [7, 11) is 1.97. The maximum atomic E-state index is 4.42. The summed E-state index contributed by atoms with van der Waals surface area (Å²) in [5.74, 6) is 0.887. The number of aromatic nitrogens is 2. The zero-order valence-corrected chi connectivity index (χ0v) is 11.2. The molecule has 1 saturated carbocycles. The van der Waals surface area contributed by atoms with Gasteiger partial charge in [0.2, 0.25) is 0 Å². The Morgan fingerprint density at radius 1 is 1.41 bits per heavy atom. The summed E-state index contributed by atoms with van der Waals surface area (Å²) < 4.78 is 1.87. The lowest BCUT2D eigenvalue weighted by atomic mass is 9.83. The van der Waals surface area contributed by atoms with Gasteiger partial charge < -0.3 is 5.32 Å². The standard InChI is InChI=1S/C14H25N3/c1-3-14(12-7-5-4-6-8-12)15-11-13-9-10-17(2)16-13/h9-10,12,14-15H,3-8,11H2,1-2H3. The largest absolute Gasteiger partial charge is 0.308 e. The van der Waals surface area contributed by atoms with Crippen LogP contribution in [0.15, 0.2) is 12.3 Å². The van der Waals surface area contributed by atoms with Gasteiger partial charge in [-0.1, -0.05) is 26.2 Å². The van der Waals surface area contributed by atoms with E-state index in [1.54, 1.807) is 0 Å². The van der Waals surface area contributed by atoms with Crippen molar-refractivity contribution in [2.45, 2.75) is 58.0 Å². The van der Waals surface area contributed by atoms with Gasteiger partial charge in [0.05, 0.1) is 5.69 Å². The molecule has 1 fully saturated rings. The molecule has 0 amide bonds. The molecule has 2 rings (SSSR count). The van der Waals surface area contributed by atoms with Gasteiger partial charge in [0.1, 0.15) is 0 Å². The second-order valence-corrected chi connectivity index (χ2v) is 5.27. The first kappa shape index (κ1) is 12.6. The van der Waals surface area contributed by atoms with Crippen LogP contribution in [0.1, 0.15) is 51.1 Å². The highest BCUT2D eigenvalue weighted by molar-refractivity contribution is 4.98. The van der Waals surface area contributed by atoms with E-state index >= 15 is 0 Å². The SMILES string of the molecule is CCC(NCc1ccn(C)n1)C1CCCCC1. The molecule has 1 aliphatic rings. The summed E-state index contributed by atoms with van der Waals surface area (Å²) >= 11 is 0. The summed E-state index contributed by atoms with van der Waals surface area (Å²) in [6.45, 7) is 3.21. The normalized spacial score (nSPS) is 19.4. The summed E-state index contributed by atoms with van der Waals surface area (Å²) in [6.07, 6.45) is 10.4. The van der Waals surface area contributed by atoms with Crippen LogP contribution >= 0.6 is 0 Å². The molecule has 0 bridgehead atoms. The van der Waals surface area contributed by atoms with E-state index in [4.69, 9.17) is 0 Å². The number of nitrogens with zero attached hydrogens (tertiary/aromatic N) is 2. The minimum Gasteiger partial charge on any atom is -0.308 e. The van der Waals surface area contributed by atoms with Crippen LogP contribution in [-0.2, 0) is 13.6 Å². The summed E-state index contributed by atoms with van der Waals surface area (Å²) in [4.78, 5) is 0. The Bertz CT molecular complexity index is 326. The number of hydrogen-bond donors (Lipinski definition) is 1. The number of hydrogen-bond acceptors (Lipinski definition) is 2. The molecule has 0 radical (unpaired) electrons. The lowest BCUT2D eigenvalue weighted by Gasteiger charge is -2.30. The van der Waals surface area contributed by atoms with Gasteiger partial charge in [-0.25, -0.2) is 0 Å². The molecule has 1 aromatic heterocycles. The number of nitrogens with one attached hydrogen (secondary N) is 1. The Labute approximate surface area is 105 Å². The van der Waals surface area contributed by atoms with E-state index in [0.717, 1.165) is 18.2 Å². The lowest BCUT2D eigenvalue weighted by Crippen LogP contribution is -2.36. The molecule has 0 saturated heterocycles. The van der Waals surface area contributed by atoms with Crippen LogP contribution in [-0.4, -0.2) is 15.8 Å². The third-order valence-electron chi connectivity index (χ3n) is 3.97. The van der Waals surface area contributed by atoms with E-state index < -0.39 is 0 Å². The van der Waals surface area contributed by atoms with Crippen LogP contribution in [0, 0.1) is 5.92 Å². The highest BCUT2D eigenvalue weighted by atomic mass is 15.3. The molecule has 0 spiro atoms. The first-order valence-electron chi connectivity index (χ1n) is 7.01. The maximum Gasteiger partial charge on any atom is 0.0762 e. The van der Waals surface area contributed by atoms with Crippen LogP contribution in [0.5, 0.6) is 0 Å². The molecular formula is C14H25N3. The molecule has 1 unspecified atom stereocenters. The van der Waals surface area contributed by atoms with E-state index in [-0.39, 0.29) is 0 Å². The third kappa shape index (κ3) is 3.56. The molecule has 1 heterocycles. The fourth-order valence-electron chi connectivity index (χ4n) is 2.97. The summed E-state index contributed by atoms with van der Waals surface area (Å²) in [6, 6.07) is 2.78. The first-order chi connectivity index (χ1) is 8.29. The second-order valence-electron chi connectivity index (χ2n) is 5.27. The fraction of sp³-hybridized carbons (Fsp3) is 0.786. The zero-order chi connectivity index (χ0) is 12.1. The minimum atomic E-state index is 0.678. The van der Waals surface area contributed by atoms with Gasteiger partial charge in [0.25, 0.3) is 0 Å². The van der Waals surface area contributed by atoms with Crippen LogP contribution in [0.3, 0.4) is 0 Å². The van der Waals surface area contributed by atoms with Gasteiger partial charge in [-0.05, 0) is 31.2 Å². The predicted octanol–water partition coefficient (Wildman–Crippen LogP) is 2.87. The van der Waals surface area contributed by atoms with E-state index in [2.05, 4.69) is 23.4 Å². The molecule has 3 heteroatoms. The third-order valence-corrected chi connectivity index (χ3v) is 3.97. The predicted molar refractivity (Wildman–Crippen MR) is 70.7 cm³/mol. The van der Waals surface area contributed by atoms with Gasteiger partial charge in [0.15, 0.2) is 0 Å². The smallest absolute Gasteiger partial charge is 0.0762 e. The Morgan fingerprint density at radius 2 is 2.18 bits per heavy atom. The van der Waals surface area contributed by atoms with Gasteiger partial charge >= 0.3 is 0 Å². The van der Waals surface area contributed by atoms with Crippen molar-refractivity contribution in [3.63, 3.8) is 0 Å². The van der Waals surface area contributed by atoms with Crippen molar-refractivity contribution in [3.05, 3.63) is 18.0 Å². The van der Waals surface area contributed by atoms with Crippen molar-refractivity contribution in [2.75, 3.05) is 0 Å². The van der Waals surface area contributed by atoms with Crippen LogP contribution < -0.4 is 5.32 Å². The number of rotatable bonds is 5. The Morgan fingerprint density at radius 3 is 2.76 bits per heavy atom. The van der Waals surface area contributed by atoms with Gasteiger partial charge in [-0.15, -0.1) is 0 Å². The molecule has 1 atom stereocenters. The maximum absolute atomic E-state index is 4.42. The van der Waals surface area contributed by atoms with Crippen LogP contribution in [0.4, 0.5) is 0 Å². The molecule has 17 heavy (non-hydrogen) atoms. The monoisotopic (exact) mass is 235 g/mol. The van der Waals surface area contributed by atoms with Crippen LogP contribution in [0.2, 0.25) is 0 Å². The summed E-state index contributed by atoms with van der Waals surface area (Å²) in [5, 5.41) is 8.11.